The molecule has 0 atom stereocenters. The number of aliphatic hydroxyl groups excluding tert-OH is 1. The van der Waals surface area contributed by atoms with Crippen molar-refractivity contribution in [3.05, 3.63) is 24.3 Å². The summed E-state index contributed by atoms with van der Waals surface area (Å²) in [4.78, 5) is 0. The Hall–Kier alpha value is -1.35. The molecule has 0 spiro atoms. The number of anilines is 1. The zero-order valence-corrected chi connectivity index (χ0v) is 12.4. The average molecular weight is 304 g/mol. The van der Waals surface area contributed by atoms with Crippen LogP contribution in [0.5, 0.6) is 5.75 Å². The molecule has 0 aliphatic carbocycles. The van der Waals surface area contributed by atoms with Crippen molar-refractivity contribution in [3.8, 4) is 5.75 Å². The zero-order valence-electron chi connectivity index (χ0n) is 11.6. The molecule has 7 nitrogen and oxygen atoms in total. The molecule has 1 aromatic carbocycles. The van der Waals surface area contributed by atoms with Crippen LogP contribution in [0.4, 0.5) is 5.69 Å². The molecule has 114 valence electrons. The molecule has 8 heteroatoms. The quantitative estimate of drug-likeness (QED) is 0.640. The van der Waals surface area contributed by atoms with E-state index in [0.29, 0.717) is 24.7 Å². The zero-order chi connectivity index (χ0) is 15.0. The maximum absolute atomic E-state index is 11.6. The van der Waals surface area contributed by atoms with Gasteiger partial charge in [-0.2, -0.15) is 12.7 Å². The normalized spacial score (nSPS) is 11.6. The first-order valence-electron chi connectivity index (χ1n) is 6.07. The first kappa shape index (κ1) is 16.7. The van der Waals surface area contributed by atoms with Crippen molar-refractivity contribution in [2.45, 2.75) is 0 Å². The third-order valence-electron chi connectivity index (χ3n) is 2.31. The van der Waals surface area contributed by atoms with Crippen molar-refractivity contribution < 1.29 is 23.0 Å². The van der Waals surface area contributed by atoms with E-state index in [4.69, 9.17) is 14.6 Å². The maximum Gasteiger partial charge on any atom is 0.301 e. The Morgan fingerprint density at radius 3 is 2.35 bits per heavy atom. The molecule has 0 heterocycles. The topological polar surface area (TPSA) is 88.1 Å². The van der Waals surface area contributed by atoms with E-state index in [0.717, 1.165) is 4.31 Å². The van der Waals surface area contributed by atoms with Crippen molar-refractivity contribution in [2.24, 2.45) is 0 Å². The Labute approximate surface area is 119 Å². The van der Waals surface area contributed by atoms with Crippen LogP contribution in [0, 0.1) is 0 Å². The molecule has 0 amide bonds. The van der Waals surface area contributed by atoms with Crippen molar-refractivity contribution in [1.29, 1.82) is 0 Å². The molecule has 0 saturated carbocycles. The van der Waals surface area contributed by atoms with E-state index in [9.17, 15) is 8.42 Å². The molecule has 0 aromatic heterocycles. The Bertz CT molecular complexity index is 487. The third-order valence-corrected chi connectivity index (χ3v) is 3.77. The maximum atomic E-state index is 11.6. The molecule has 20 heavy (non-hydrogen) atoms. The van der Waals surface area contributed by atoms with Gasteiger partial charge in [0.25, 0.3) is 0 Å². The first-order chi connectivity index (χ1) is 9.45. The van der Waals surface area contributed by atoms with Gasteiger partial charge in [0.2, 0.25) is 0 Å². The Balaban J connectivity index is 2.44. The number of nitrogens with one attached hydrogen (secondary N) is 1. The fraction of sp³-hybridized carbons (Fsp3) is 0.500. The lowest BCUT2D eigenvalue weighted by molar-refractivity contribution is 0.0705. The Morgan fingerprint density at radius 1 is 1.15 bits per heavy atom. The fourth-order valence-corrected chi connectivity index (χ4v) is 1.86. The van der Waals surface area contributed by atoms with Crippen LogP contribution in [0.2, 0.25) is 0 Å². The van der Waals surface area contributed by atoms with Crippen LogP contribution >= 0.6 is 0 Å². The minimum Gasteiger partial charge on any atom is -0.491 e. The van der Waals surface area contributed by atoms with Crippen molar-refractivity contribution >= 4 is 15.9 Å². The van der Waals surface area contributed by atoms with E-state index in [2.05, 4.69) is 4.72 Å². The summed E-state index contributed by atoms with van der Waals surface area (Å²) in [5.41, 5.74) is 0.461. The summed E-state index contributed by atoms with van der Waals surface area (Å²) in [6.45, 7) is 1.02. The highest BCUT2D eigenvalue weighted by atomic mass is 32.2. The SMILES string of the molecule is CN(C)S(=O)(=O)Nc1ccc(OCCOCCO)cc1. The van der Waals surface area contributed by atoms with Crippen LogP contribution in [0.25, 0.3) is 0 Å². The second-order valence-electron chi connectivity index (χ2n) is 4.10. The molecule has 2 N–H and O–H groups in total. The summed E-state index contributed by atoms with van der Waals surface area (Å²) < 4.78 is 37.2. The molecule has 0 radical (unpaired) electrons. The Morgan fingerprint density at radius 2 is 1.80 bits per heavy atom. The van der Waals surface area contributed by atoms with Crippen LogP contribution in [0.3, 0.4) is 0 Å². The van der Waals surface area contributed by atoms with E-state index < -0.39 is 10.2 Å². The number of hydrogen-bond donors (Lipinski definition) is 2. The fourth-order valence-electron chi connectivity index (χ4n) is 1.24. The summed E-state index contributed by atoms with van der Waals surface area (Å²) in [6.07, 6.45) is 0. The minimum absolute atomic E-state index is 0.0132. The minimum atomic E-state index is -3.49. The van der Waals surface area contributed by atoms with Crippen molar-refractivity contribution in [2.75, 3.05) is 45.2 Å². The standard InChI is InChI=1S/C12H20N2O5S/c1-14(2)20(16,17)13-11-3-5-12(6-4-11)19-10-9-18-8-7-15/h3-6,13,15H,7-10H2,1-2H3. The molecule has 0 aliphatic heterocycles. The predicted molar refractivity (Wildman–Crippen MR) is 76.1 cm³/mol. The molecular formula is C12H20N2O5S. The average Bonchev–Trinajstić information content (AvgIpc) is 2.40. The molecule has 0 fully saturated rings. The van der Waals surface area contributed by atoms with Gasteiger partial charge in [-0.1, -0.05) is 0 Å². The van der Waals surface area contributed by atoms with E-state index >= 15 is 0 Å². The van der Waals surface area contributed by atoms with Gasteiger partial charge in [0.1, 0.15) is 12.4 Å². The van der Waals surface area contributed by atoms with Gasteiger partial charge >= 0.3 is 10.2 Å². The van der Waals surface area contributed by atoms with Crippen molar-refractivity contribution in [3.63, 3.8) is 0 Å². The number of aliphatic hydroxyl groups is 1. The van der Waals surface area contributed by atoms with E-state index in [-0.39, 0.29) is 13.2 Å². The van der Waals surface area contributed by atoms with Crippen LogP contribution in [-0.2, 0) is 14.9 Å². The molecule has 0 bridgehead atoms. The molecule has 0 aliphatic rings. The largest absolute Gasteiger partial charge is 0.491 e. The Kier molecular flexibility index (Phi) is 6.73. The van der Waals surface area contributed by atoms with Crippen LogP contribution < -0.4 is 9.46 Å². The number of hydrogen-bond acceptors (Lipinski definition) is 5. The lowest BCUT2D eigenvalue weighted by Gasteiger charge is -2.13. The first-order valence-corrected chi connectivity index (χ1v) is 7.51. The molecule has 1 rings (SSSR count). The lowest BCUT2D eigenvalue weighted by atomic mass is 10.3. The predicted octanol–water partition coefficient (Wildman–Crippen LogP) is 0.293. The number of nitrogens with zero attached hydrogens (tertiary/aromatic N) is 1. The van der Waals surface area contributed by atoms with Gasteiger partial charge in [0, 0.05) is 14.1 Å². The van der Waals surface area contributed by atoms with Gasteiger partial charge in [-0.25, -0.2) is 0 Å². The van der Waals surface area contributed by atoms with Crippen LogP contribution in [-0.4, -0.2) is 58.4 Å². The monoisotopic (exact) mass is 304 g/mol. The second kappa shape index (κ2) is 8.05. The second-order valence-corrected chi connectivity index (χ2v) is 5.98. The van der Waals surface area contributed by atoms with Crippen LogP contribution in [0.15, 0.2) is 24.3 Å². The summed E-state index contributed by atoms with van der Waals surface area (Å²) in [6, 6.07) is 6.56. The van der Waals surface area contributed by atoms with Gasteiger partial charge < -0.3 is 14.6 Å². The van der Waals surface area contributed by atoms with Gasteiger partial charge in [-0.15, -0.1) is 0 Å². The molecule has 0 unspecified atom stereocenters. The van der Waals surface area contributed by atoms with Gasteiger partial charge in [-0.05, 0) is 24.3 Å². The smallest absolute Gasteiger partial charge is 0.301 e. The van der Waals surface area contributed by atoms with Gasteiger partial charge in [-0.3, -0.25) is 4.72 Å². The van der Waals surface area contributed by atoms with Crippen LogP contribution in [0.1, 0.15) is 0 Å². The van der Waals surface area contributed by atoms with Gasteiger partial charge in [0.05, 0.1) is 25.5 Å². The highest BCUT2D eigenvalue weighted by Crippen LogP contribution is 2.17. The van der Waals surface area contributed by atoms with Crippen molar-refractivity contribution in [1.82, 2.24) is 4.31 Å². The molecule has 1 aromatic rings. The third kappa shape index (κ3) is 5.74. The molecule has 0 saturated heterocycles. The summed E-state index contributed by atoms with van der Waals surface area (Å²) in [7, 11) is -0.591. The number of benzene rings is 1. The van der Waals surface area contributed by atoms with E-state index in [1.165, 1.54) is 14.1 Å². The summed E-state index contributed by atoms with van der Waals surface area (Å²) >= 11 is 0. The summed E-state index contributed by atoms with van der Waals surface area (Å²) in [5, 5.41) is 8.52. The molecular weight excluding hydrogens is 284 g/mol. The van der Waals surface area contributed by atoms with E-state index in [1.807, 2.05) is 0 Å². The highest BCUT2D eigenvalue weighted by molar-refractivity contribution is 7.90. The van der Waals surface area contributed by atoms with Gasteiger partial charge in [0.15, 0.2) is 0 Å². The summed E-state index contributed by atoms with van der Waals surface area (Å²) in [5.74, 6) is 0.616. The number of ether oxygens (including phenoxy) is 2. The lowest BCUT2D eigenvalue weighted by Crippen LogP contribution is -2.28. The highest BCUT2D eigenvalue weighted by Gasteiger charge is 2.12. The number of rotatable bonds is 9. The van der Waals surface area contributed by atoms with E-state index in [1.54, 1.807) is 24.3 Å².